The van der Waals surface area contributed by atoms with Crippen molar-refractivity contribution >= 4 is 71.7 Å². The van der Waals surface area contributed by atoms with Crippen LogP contribution in [0.1, 0.15) is 0 Å². The number of aromatic nitrogens is 1. The van der Waals surface area contributed by atoms with Crippen molar-refractivity contribution in [3.05, 3.63) is 56.5 Å². The minimum atomic E-state index is 0. The minimum Gasteiger partial charge on any atom is -0.505 e. The Morgan fingerprint density at radius 3 is 2.13 bits per heavy atom. The molecule has 0 bridgehead atoms. The molecule has 6 rings (SSSR count). The molecule has 1 aromatic carbocycles. The van der Waals surface area contributed by atoms with E-state index in [2.05, 4.69) is 36.8 Å². The molecule has 31 heavy (non-hydrogen) atoms. The molecule has 160 valence electrons. The van der Waals surface area contributed by atoms with Crippen molar-refractivity contribution < 1.29 is 14.7 Å². The Labute approximate surface area is 206 Å². The molecule has 0 saturated carbocycles. The van der Waals surface area contributed by atoms with Crippen LogP contribution in [-0.2, 0) is 9.59 Å². The summed E-state index contributed by atoms with van der Waals surface area (Å²) in [6, 6.07) is 5.54. The van der Waals surface area contributed by atoms with E-state index in [9.17, 15) is 14.7 Å². The van der Waals surface area contributed by atoms with Crippen molar-refractivity contribution in [3.63, 3.8) is 0 Å². The van der Waals surface area contributed by atoms with E-state index in [0.29, 0.717) is 27.1 Å². The van der Waals surface area contributed by atoms with Gasteiger partial charge in [0.15, 0.2) is 23.1 Å². The van der Waals surface area contributed by atoms with E-state index in [4.69, 9.17) is 0 Å². The fourth-order valence-electron chi connectivity index (χ4n) is 3.43. The number of aromatic hydroxyl groups is 1. The predicted molar refractivity (Wildman–Crippen MR) is 129 cm³/mol. The average Bonchev–Trinajstić information content (AvgIpc) is 3.55. The molecule has 3 saturated heterocycles. The van der Waals surface area contributed by atoms with Crippen molar-refractivity contribution in [2.75, 3.05) is 39.3 Å². The topological polar surface area (TPSA) is 76.3 Å². The van der Waals surface area contributed by atoms with E-state index in [-0.39, 0.29) is 34.7 Å². The van der Waals surface area contributed by atoms with Gasteiger partial charge in [-0.25, -0.2) is 0 Å². The van der Waals surface area contributed by atoms with Crippen LogP contribution in [0.15, 0.2) is 56.5 Å². The van der Waals surface area contributed by atoms with Gasteiger partial charge in [0.1, 0.15) is 16.9 Å². The summed E-state index contributed by atoms with van der Waals surface area (Å²) in [7, 11) is 0. The summed E-state index contributed by atoms with van der Waals surface area (Å²) in [4.78, 5) is 34.6. The van der Waals surface area contributed by atoms with Crippen molar-refractivity contribution in [3.8, 4) is 5.75 Å². The van der Waals surface area contributed by atoms with E-state index in [1.807, 2.05) is 26.8 Å². The molecular weight excluding hydrogens is 543 g/mol. The zero-order valence-corrected chi connectivity index (χ0v) is 19.1. The summed E-state index contributed by atoms with van der Waals surface area (Å²) < 4.78 is 1.56. The fraction of sp³-hybridized carbons (Fsp3) is 0.286. The molecule has 2 aromatic rings. The van der Waals surface area contributed by atoms with Crippen molar-refractivity contribution in [2.45, 2.75) is 0 Å². The fourth-order valence-corrected chi connectivity index (χ4v) is 4.71. The quantitative estimate of drug-likeness (QED) is 0.344. The third-order valence-electron chi connectivity index (χ3n) is 5.26. The van der Waals surface area contributed by atoms with E-state index < -0.39 is 0 Å². The first kappa shape index (κ1) is 22.3. The lowest BCUT2D eigenvalue weighted by molar-refractivity contribution is -0.117. The number of fused-ring (bicyclic) bond motifs is 1. The van der Waals surface area contributed by atoms with Gasteiger partial charge in [-0.15, -0.1) is 0 Å². The number of halogens is 2. The molecule has 4 heterocycles. The van der Waals surface area contributed by atoms with Crippen LogP contribution in [0.2, 0.25) is 0 Å². The number of hydrogen-bond donors (Lipinski definition) is 1. The van der Waals surface area contributed by atoms with Crippen LogP contribution in [0, 0.1) is 0 Å². The molecule has 0 radical (unpaired) electrons. The van der Waals surface area contributed by atoms with Crippen molar-refractivity contribution in [1.82, 2.24) is 19.7 Å². The van der Waals surface area contributed by atoms with Crippen LogP contribution in [-0.4, -0.2) is 93.0 Å². The number of carbonyl (C=O) groups excluding carboxylic acids is 2. The Hall–Kier alpha value is -1.86. The Morgan fingerprint density at radius 2 is 1.52 bits per heavy atom. The largest absolute Gasteiger partial charge is 0.505 e. The lowest BCUT2D eigenvalue weighted by Gasteiger charge is -2.21. The molecule has 0 atom stereocenters. The third kappa shape index (κ3) is 4.40. The number of carbonyl (C=O) groups is 2. The van der Waals surface area contributed by atoms with Crippen LogP contribution in [0.3, 0.4) is 0 Å². The number of hydrogen-bond acceptors (Lipinski definition) is 7. The summed E-state index contributed by atoms with van der Waals surface area (Å²) in [6.45, 7) is 5.41. The second kappa shape index (κ2) is 8.59. The SMILES string of the molecule is O=C1C=C(N2CC2)C(=O)C(N2CC2)=C1N1CC1.Oc1c(Br)cc(Br)c2cccnc12.[AlH3]. The number of pyridine rings is 1. The molecule has 10 heteroatoms. The molecule has 1 aliphatic carbocycles. The molecule has 0 unspecified atom stereocenters. The number of rotatable bonds is 3. The monoisotopic (exact) mass is 562 g/mol. The van der Waals surface area contributed by atoms with Gasteiger partial charge in [-0.05, 0) is 28.1 Å². The highest BCUT2D eigenvalue weighted by Gasteiger charge is 2.43. The van der Waals surface area contributed by atoms with Crippen LogP contribution in [0.4, 0.5) is 0 Å². The first-order valence-electron chi connectivity index (χ1n) is 9.67. The van der Waals surface area contributed by atoms with Gasteiger partial charge in [0.05, 0.1) is 10.2 Å². The van der Waals surface area contributed by atoms with Gasteiger partial charge in [-0.2, -0.15) is 0 Å². The maximum atomic E-state index is 12.4. The summed E-state index contributed by atoms with van der Waals surface area (Å²) in [5.41, 5.74) is 2.49. The second-order valence-electron chi connectivity index (χ2n) is 7.47. The summed E-state index contributed by atoms with van der Waals surface area (Å²) in [6.07, 6.45) is 3.18. The normalized spacial score (nSPS) is 19.0. The van der Waals surface area contributed by atoms with Gasteiger partial charge in [-0.3, -0.25) is 14.6 Å². The highest BCUT2D eigenvalue weighted by atomic mass is 79.9. The van der Waals surface area contributed by atoms with Gasteiger partial charge >= 0.3 is 0 Å². The number of Topliss-reactive ketones (excluding diaryl/α,β-unsaturated/α-hetero) is 1. The number of phenols is 1. The lowest BCUT2D eigenvalue weighted by atomic mass is 10.0. The Bertz CT molecular complexity index is 1150. The maximum absolute atomic E-state index is 12.4. The molecule has 4 aliphatic rings. The standard InChI is InChI=1S/C12H13N3O2.C9H5Br2NO.Al.3H/c16-9-7-8(13-1-2-13)12(17)11(15-5-6-15)10(9)14-3-4-14;10-6-4-7(11)9(13)8-5(6)2-1-3-12-8;;;;/h7H,1-6H2;1-4,13H;;;;. The van der Waals surface area contributed by atoms with Gasteiger partial charge in [-0.1, -0.05) is 22.0 Å². The molecule has 1 aromatic heterocycles. The highest BCUT2D eigenvalue weighted by molar-refractivity contribution is 9.11. The number of benzene rings is 1. The van der Waals surface area contributed by atoms with Crippen LogP contribution < -0.4 is 0 Å². The highest BCUT2D eigenvalue weighted by Crippen LogP contribution is 2.36. The first-order chi connectivity index (χ1) is 14.5. The Morgan fingerprint density at radius 1 is 0.903 bits per heavy atom. The zero-order chi connectivity index (χ0) is 21.0. The summed E-state index contributed by atoms with van der Waals surface area (Å²) >= 11 is 6.65. The Kier molecular flexibility index (Phi) is 6.19. The zero-order valence-electron chi connectivity index (χ0n) is 15.9. The second-order valence-corrected chi connectivity index (χ2v) is 9.18. The van der Waals surface area contributed by atoms with Crippen LogP contribution in [0.25, 0.3) is 10.9 Å². The molecule has 0 spiro atoms. The molecule has 7 nitrogen and oxygen atoms in total. The van der Waals surface area contributed by atoms with E-state index >= 15 is 0 Å². The molecule has 0 amide bonds. The average molecular weight is 564 g/mol. The summed E-state index contributed by atoms with van der Waals surface area (Å²) in [5.74, 6) is 0.228. The molecule has 3 fully saturated rings. The minimum absolute atomic E-state index is 0. The van der Waals surface area contributed by atoms with Crippen molar-refractivity contribution in [1.29, 1.82) is 0 Å². The number of allylic oxidation sites excluding steroid dienone is 1. The van der Waals surface area contributed by atoms with E-state index in [1.165, 1.54) is 6.08 Å². The Balaban J connectivity index is 0.000000150. The maximum Gasteiger partial charge on any atom is 0.227 e. The predicted octanol–water partition coefficient (Wildman–Crippen LogP) is 1.46. The van der Waals surface area contributed by atoms with E-state index in [1.54, 1.807) is 12.3 Å². The number of phenolic OH excluding ortho intramolecular Hbond substituents is 1. The van der Waals surface area contributed by atoms with Gasteiger partial charge < -0.3 is 19.8 Å². The third-order valence-corrected chi connectivity index (χ3v) is 6.52. The number of nitrogens with zero attached hydrogens (tertiary/aromatic N) is 4. The molecule has 3 aliphatic heterocycles. The first-order valence-corrected chi connectivity index (χ1v) is 11.3. The number of ketones is 2. The van der Waals surface area contributed by atoms with Crippen LogP contribution in [0.5, 0.6) is 5.75 Å². The molecule has 1 N–H and O–H groups in total. The van der Waals surface area contributed by atoms with Crippen molar-refractivity contribution in [2.24, 2.45) is 0 Å². The smallest absolute Gasteiger partial charge is 0.227 e. The summed E-state index contributed by atoms with van der Waals surface area (Å²) in [5, 5.41) is 10.6. The van der Waals surface area contributed by atoms with Gasteiger partial charge in [0, 0.05) is 61.4 Å². The van der Waals surface area contributed by atoms with Crippen LogP contribution >= 0.6 is 31.9 Å². The molecular formula is C21H21AlBr2N4O3. The lowest BCUT2D eigenvalue weighted by Crippen LogP contribution is -2.29. The van der Waals surface area contributed by atoms with E-state index in [0.717, 1.165) is 49.1 Å². The van der Waals surface area contributed by atoms with Gasteiger partial charge in [0.25, 0.3) is 0 Å². The van der Waals surface area contributed by atoms with Gasteiger partial charge in [0.2, 0.25) is 11.6 Å².